The molecule has 7 heteroatoms. The number of amides is 1. The molecule has 5 nitrogen and oxygen atoms in total. The zero-order chi connectivity index (χ0) is 16.4. The molecule has 2 heterocycles. The van der Waals surface area contributed by atoms with Gasteiger partial charge in [0.2, 0.25) is 5.91 Å². The summed E-state index contributed by atoms with van der Waals surface area (Å²) >= 11 is 2.95. The minimum atomic E-state index is -0.355. The monoisotopic (exact) mass is 347 g/mol. The van der Waals surface area contributed by atoms with Crippen molar-refractivity contribution in [3.05, 3.63) is 51.4 Å². The number of fused-ring (bicyclic) bond motifs is 1. The number of nitrogens with one attached hydrogen (secondary N) is 2. The second-order valence-electron chi connectivity index (χ2n) is 5.40. The summed E-state index contributed by atoms with van der Waals surface area (Å²) in [6.45, 7) is 3.80. The van der Waals surface area contributed by atoms with Crippen molar-refractivity contribution in [3.8, 4) is 0 Å². The molecule has 1 amide bonds. The summed E-state index contributed by atoms with van der Waals surface area (Å²) < 4.78 is 0. The highest BCUT2D eigenvalue weighted by molar-refractivity contribution is 8.00. The molecule has 23 heavy (non-hydrogen) atoms. The summed E-state index contributed by atoms with van der Waals surface area (Å²) in [5.74, 6) is 1.36. The number of benzene rings is 1. The van der Waals surface area contributed by atoms with Crippen molar-refractivity contribution >= 4 is 35.1 Å². The van der Waals surface area contributed by atoms with E-state index in [0.717, 1.165) is 28.3 Å². The molecule has 2 aromatic rings. The van der Waals surface area contributed by atoms with E-state index in [0.29, 0.717) is 10.9 Å². The van der Waals surface area contributed by atoms with Crippen molar-refractivity contribution in [2.24, 2.45) is 0 Å². The molecule has 2 N–H and O–H groups in total. The van der Waals surface area contributed by atoms with Gasteiger partial charge in [0, 0.05) is 22.8 Å². The van der Waals surface area contributed by atoms with Crippen LogP contribution in [0.25, 0.3) is 0 Å². The van der Waals surface area contributed by atoms with Crippen LogP contribution in [0.1, 0.15) is 23.7 Å². The zero-order valence-corrected chi connectivity index (χ0v) is 14.5. The third kappa shape index (κ3) is 3.79. The van der Waals surface area contributed by atoms with E-state index in [1.54, 1.807) is 18.7 Å². The molecule has 1 aliphatic heterocycles. The lowest BCUT2D eigenvalue weighted by Gasteiger charge is -2.12. The van der Waals surface area contributed by atoms with Gasteiger partial charge < -0.3 is 10.3 Å². The average molecular weight is 347 g/mol. The first-order valence-electron chi connectivity index (χ1n) is 7.27. The van der Waals surface area contributed by atoms with Gasteiger partial charge in [0.15, 0.2) is 5.16 Å². The molecule has 0 saturated carbocycles. The number of aryl methyl sites for hydroxylation is 1. The van der Waals surface area contributed by atoms with Gasteiger partial charge in [0.25, 0.3) is 5.56 Å². The van der Waals surface area contributed by atoms with Crippen molar-refractivity contribution in [1.29, 1.82) is 0 Å². The molecule has 120 valence electrons. The lowest BCUT2D eigenvalue weighted by molar-refractivity contribution is -0.115. The molecule has 0 spiro atoms. The number of aromatic nitrogens is 2. The van der Waals surface area contributed by atoms with Gasteiger partial charge in [-0.2, -0.15) is 11.8 Å². The second-order valence-corrected chi connectivity index (χ2v) is 7.72. The maximum absolute atomic E-state index is 12.3. The van der Waals surface area contributed by atoms with Crippen LogP contribution in [0.4, 0.5) is 5.69 Å². The van der Waals surface area contributed by atoms with Crippen LogP contribution in [0.15, 0.2) is 34.2 Å². The Kier molecular flexibility index (Phi) is 4.77. The van der Waals surface area contributed by atoms with Crippen LogP contribution in [-0.4, -0.2) is 21.1 Å². The third-order valence-corrected chi connectivity index (χ3v) is 5.50. The van der Waals surface area contributed by atoms with E-state index in [1.165, 1.54) is 11.8 Å². The van der Waals surface area contributed by atoms with Crippen LogP contribution in [0.3, 0.4) is 0 Å². The number of H-pyrrole nitrogens is 1. The molecular formula is C16H17N3O2S2. The number of hydrogen-bond donors (Lipinski definition) is 2. The highest BCUT2D eigenvalue weighted by Gasteiger charge is 2.21. The van der Waals surface area contributed by atoms with Crippen molar-refractivity contribution in [1.82, 2.24) is 9.97 Å². The molecule has 1 unspecified atom stereocenters. The number of aromatic amines is 1. The van der Waals surface area contributed by atoms with Gasteiger partial charge in [0.05, 0.1) is 10.9 Å². The van der Waals surface area contributed by atoms with Crippen molar-refractivity contribution in [3.63, 3.8) is 0 Å². The van der Waals surface area contributed by atoms with Crippen LogP contribution in [0.5, 0.6) is 0 Å². The Morgan fingerprint density at radius 3 is 2.83 bits per heavy atom. The van der Waals surface area contributed by atoms with Crippen LogP contribution >= 0.6 is 23.5 Å². The third-order valence-electron chi connectivity index (χ3n) is 3.54. The van der Waals surface area contributed by atoms with Crippen molar-refractivity contribution in [2.45, 2.75) is 35.8 Å². The number of carbonyl (C=O) groups is 1. The number of anilines is 1. The summed E-state index contributed by atoms with van der Waals surface area (Å²) in [7, 11) is 0. The van der Waals surface area contributed by atoms with E-state index in [4.69, 9.17) is 0 Å². The predicted molar refractivity (Wildman–Crippen MR) is 95.0 cm³/mol. The topological polar surface area (TPSA) is 74.8 Å². The Morgan fingerprint density at radius 1 is 1.35 bits per heavy atom. The summed E-state index contributed by atoms with van der Waals surface area (Å²) in [4.78, 5) is 31.5. The van der Waals surface area contributed by atoms with E-state index < -0.39 is 0 Å². The van der Waals surface area contributed by atoms with Gasteiger partial charge in [-0.15, -0.1) is 0 Å². The molecule has 1 aromatic carbocycles. The Morgan fingerprint density at radius 2 is 2.09 bits per heavy atom. The quantitative estimate of drug-likeness (QED) is 0.657. The van der Waals surface area contributed by atoms with Gasteiger partial charge in [-0.1, -0.05) is 29.5 Å². The Labute approximate surface area is 142 Å². The van der Waals surface area contributed by atoms with Gasteiger partial charge in [-0.3, -0.25) is 9.59 Å². The molecule has 0 aliphatic carbocycles. The number of hydrogen-bond acceptors (Lipinski definition) is 5. The van der Waals surface area contributed by atoms with Crippen LogP contribution < -0.4 is 10.9 Å². The number of rotatable bonds is 4. The summed E-state index contributed by atoms with van der Waals surface area (Å²) in [5.41, 5.74) is 3.42. The second kappa shape index (κ2) is 6.80. The minimum Gasteiger partial charge on any atom is -0.325 e. The van der Waals surface area contributed by atoms with Crippen molar-refractivity contribution < 1.29 is 4.79 Å². The maximum Gasteiger partial charge on any atom is 0.255 e. The highest BCUT2D eigenvalue weighted by Crippen LogP contribution is 2.28. The fraction of sp³-hybridized carbons (Fsp3) is 0.312. The van der Waals surface area contributed by atoms with E-state index in [9.17, 15) is 9.59 Å². The lowest BCUT2D eigenvalue weighted by atomic mass is 10.2. The van der Waals surface area contributed by atoms with Crippen molar-refractivity contribution in [2.75, 3.05) is 5.32 Å². The van der Waals surface area contributed by atoms with Gasteiger partial charge in [-0.25, -0.2) is 4.98 Å². The van der Waals surface area contributed by atoms with Gasteiger partial charge in [-0.05, 0) is 26.0 Å². The molecule has 0 bridgehead atoms. The zero-order valence-electron chi connectivity index (χ0n) is 12.9. The first-order valence-corrected chi connectivity index (χ1v) is 9.30. The van der Waals surface area contributed by atoms with Gasteiger partial charge in [0.1, 0.15) is 0 Å². The van der Waals surface area contributed by atoms with E-state index >= 15 is 0 Å². The Balaban J connectivity index is 1.68. The molecule has 0 saturated heterocycles. The highest BCUT2D eigenvalue weighted by atomic mass is 32.2. The van der Waals surface area contributed by atoms with Gasteiger partial charge >= 0.3 is 0 Å². The lowest BCUT2D eigenvalue weighted by Crippen LogP contribution is -2.23. The largest absolute Gasteiger partial charge is 0.325 e. The summed E-state index contributed by atoms with van der Waals surface area (Å²) in [5, 5.41) is 3.02. The molecule has 1 atom stereocenters. The molecular weight excluding hydrogens is 330 g/mol. The molecule has 0 radical (unpaired) electrons. The molecule has 3 rings (SSSR count). The predicted octanol–water partition coefficient (Wildman–Crippen LogP) is 2.94. The maximum atomic E-state index is 12.3. The summed E-state index contributed by atoms with van der Waals surface area (Å²) in [6, 6.07) is 7.64. The molecule has 1 aromatic heterocycles. The fourth-order valence-corrected chi connectivity index (χ4v) is 4.05. The Hall–Kier alpha value is -1.73. The van der Waals surface area contributed by atoms with Crippen LogP contribution in [0.2, 0.25) is 0 Å². The molecule has 1 aliphatic rings. The normalized spacial score (nSPS) is 14.3. The van der Waals surface area contributed by atoms with Crippen LogP contribution in [0, 0.1) is 6.92 Å². The molecule has 0 fully saturated rings. The Bertz CT molecular complexity index is 787. The van der Waals surface area contributed by atoms with E-state index in [-0.39, 0.29) is 16.7 Å². The first kappa shape index (κ1) is 16.1. The SMILES string of the molecule is Cc1ccc(NC(=O)C(C)Sc2nc3c(c(=O)[nH]2)CSC3)cc1. The smallest absolute Gasteiger partial charge is 0.255 e. The first-order chi connectivity index (χ1) is 11.0. The average Bonchev–Trinajstić information content (AvgIpc) is 2.98. The van der Waals surface area contributed by atoms with E-state index in [2.05, 4.69) is 15.3 Å². The fourth-order valence-electron chi connectivity index (χ4n) is 2.20. The minimum absolute atomic E-state index is 0.0892. The standard InChI is InChI=1S/C16H17N3O2S2/c1-9-3-5-11(6-4-9)17-14(20)10(2)23-16-18-13-8-22-7-12(13)15(21)19-16/h3-6,10H,7-8H2,1-2H3,(H,17,20)(H,18,19,21). The van der Waals surface area contributed by atoms with Crippen LogP contribution in [-0.2, 0) is 16.3 Å². The number of nitrogens with zero attached hydrogens (tertiary/aromatic N) is 1. The number of carbonyl (C=O) groups excluding carboxylic acids is 1. The summed E-state index contributed by atoms with van der Waals surface area (Å²) in [6.07, 6.45) is 0. The van der Waals surface area contributed by atoms with E-state index in [1.807, 2.05) is 31.2 Å². The number of thioether (sulfide) groups is 2.